The molecule has 0 fully saturated rings. The zero-order valence-electron chi connectivity index (χ0n) is 10.7. The molecule has 0 bridgehead atoms. The summed E-state index contributed by atoms with van der Waals surface area (Å²) in [5.74, 6) is -0.660. The molecule has 0 unspecified atom stereocenters. The van der Waals surface area contributed by atoms with E-state index in [2.05, 4.69) is 0 Å². The van der Waals surface area contributed by atoms with Crippen LogP contribution in [-0.2, 0) is 9.53 Å². The summed E-state index contributed by atoms with van der Waals surface area (Å²) in [6.45, 7) is 6.79. The molecule has 92 valence electrons. The van der Waals surface area contributed by atoms with Gasteiger partial charge in [-0.15, -0.1) is 0 Å². The number of carbonyl (C=O) groups excluding carboxylic acids is 2. The lowest BCUT2D eigenvalue weighted by molar-refractivity contribution is -0.131. The Morgan fingerprint density at radius 2 is 1.71 bits per heavy atom. The molecule has 0 atom stereocenters. The first-order valence-electron chi connectivity index (χ1n) is 5.26. The normalized spacial score (nSPS) is 9.94. The molecule has 0 spiro atoms. The summed E-state index contributed by atoms with van der Waals surface area (Å²) >= 11 is 0. The van der Waals surface area contributed by atoms with Crippen LogP contribution in [-0.4, -0.2) is 19.0 Å². The molecule has 4 heteroatoms. The third-order valence-electron chi connectivity index (χ3n) is 2.62. The average Bonchev–Trinajstić information content (AvgIpc) is 2.24. The van der Waals surface area contributed by atoms with Crippen LogP contribution in [0.3, 0.4) is 0 Å². The van der Waals surface area contributed by atoms with E-state index in [1.165, 1.54) is 14.0 Å². The number of carbonyl (C=O) groups is 2. The summed E-state index contributed by atoms with van der Waals surface area (Å²) in [7, 11) is 1.30. The fraction of sp³-hybridized carbons (Fsp3) is 0.385. The van der Waals surface area contributed by atoms with E-state index in [4.69, 9.17) is 9.47 Å². The molecule has 0 amide bonds. The molecule has 0 aromatic heterocycles. The Morgan fingerprint density at radius 1 is 1.12 bits per heavy atom. The zero-order chi connectivity index (χ0) is 13.2. The molecule has 1 aromatic rings. The van der Waals surface area contributed by atoms with Crippen LogP contribution in [0.1, 0.15) is 34.0 Å². The second-order valence-electron chi connectivity index (χ2n) is 3.92. The number of ether oxygens (including phenoxy) is 2. The maximum Gasteiger partial charge on any atom is 0.341 e. The van der Waals surface area contributed by atoms with Gasteiger partial charge in [-0.1, -0.05) is 6.07 Å². The number of benzene rings is 1. The van der Waals surface area contributed by atoms with Crippen molar-refractivity contribution in [2.24, 2.45) is 0 Å². The summed E-state index contributed by atoms with van der Waals surface area (Å²) in [6, 6.07) is 1.87. The average molecular weight is 236 g/mol. The minimum absolute atomic E-state index is 0.293. The van der Waals surface area contributed by atoms with Gasteiger partial charge < -0.3 is 9.47 Å². The summed E-state index contributed by atoms with van der Waals surface area (Å²) < 4.78 is 9.82. The largest absolute Gasteiger partial charge is 0.465 e. The van der Waals surface area contributed by atoms with Gasteiger partial charge in [-0.25, -0.2) is 4.79 Å². The molecule has 17 heavy (non-hydrogen) atoms. The molecule has 0 saturated heterocycles. The lowest BCUT2D eigenvalue weighted by atomic mass is 9.99. The Hall–Kier alpha value is -1.84. The third-order valence-corrected chi connectivity index (χ3v) is 2.62. The molecule has 0 saturated carbocycles. The third kappa shape index (κ3) is 2.64. The van der Waals surface area contributed by atoms with Crippen LogP contribution in [0.2, 0.25) is 0 Å². The molecule has 0 aliphatic rings. The molecule has 0 heterocycles. The van der Waals surface area contributed by atoms with Gasteiger partial charge in [-0.3, -0.25) is 4.79 Å². The molecule has 1 aromatic carbocycles. The fourth-order valence-corrected chi connectivity index (χ4v) is 1.68. The van der Waals surface area contributed by atoms with E-state index in [0.29, 0.717) is 11.3 Å². The van der Waals surface area contributed by atoms with Gasteiger partial charge in [0.2, 0.25) is 0 Å². The molecule has 0 radical (unpaired) electrons. The lowest BCUT2D eigenvalue weighted by Gasteiger charge is -2.15. The van der Waals surface area contributed by atoms with Crippen LogP contribution < -0.4 is 4.74 Å². The van der Waals surface area contributed by atoms with Crippen LogP contribution >= 0.6 is 0 Å². The van der Waals surface area contributed by atoms with Crippen molar-refractivity contribution in [3.05, 3.63) is 28.3 Å². The first kappa shape index (κ1) is 13.2. The van der Waals surface area contributed by atoms with Gasteiger partial charge >= 0.3 is 11.9 Å². The summed E-state index contributed by atoms with van der Waals surface area (Å²) in [5, 5.41) is 0. The maximum atomic E-state index is 11.7. The van der Waals surface area contributed by atoms with Gasteiger partial charge in [0, 0.05) is 6.92 Å². The van der Waals surface area contributed by atoms with Crippen LogP contribution in [0.5, 0.6) is 5.75 Å². The van der Waals surface area contributed by atoms with Crippen LogP contribution in [0.4, 0.5) is 0 Å². The minimum Gasteiger partial charge on any atom is -0.465 e. The summed E-state index contributed by atoms with van der Waals surface area (Å²) in [5.41, 5.74) is 2.78. The molecule has 0 N–H and O–H groups in total. The van der Waals surface area contributed by atoms with E-state index in [1.54, 1.807) is 13.8 Å². The van der Waals surface area contributed by atoms with E-state index < -0.39 is 11.9 Å². The SMILES string of the molecule is COC(=O)c1c(C)cc(C)c(C)c1OC(C)=O. The van der Waals surface area contributed by atoms with E-state index in [1.807, 2.05) is 13.0 Å². The second-order valence-corrected chi connectivity index (χ2v) is 3.92. The first-order valence-corrected chi connectivity index (χ1v) is 5.26. The lowest BCUT2D eigenvalue weighted by Crippen LogP contribution is -2.12. The Kier molecular flexibility index (Phi) is 3.89. The van der Waals surface area contributed by atoms with Gasteiger partial charge in [-0.05, 0) is 37.5 Å². The Labute approximate surface area is 101 Å². The molecule has 1 rings (SSSR count). The van der Waals surface area contributed by atoms with E-state index in [9.17, 15) is 9.59 Å². The molecular formula is C13H16O4. The van der Waals surface area contributed by atoms with Crippen LogP contribution in [0.25, 0.3) is 0 Å². The van der Waals surface area contributed by atoms with E-state index >= 15 is 0 Å². The fourth-order valence-electron chi connectivity index (χ4n) is 1.68. The number of hydrogen-bond donors (Lipinski definition) is 0. The summed E-state index contributed by atoms with van der Waals surface area (Å²) in [4.78, 5) is 22.8. The quantitative estimate of drug-likeness (QED) is 0.584. The van der Waals surface area contributed by atoms with Gasteiger partial charge in [0.1, 0.15) is 11.3 Å². The number of esters is 2. The van der Waals surface area contributed by atoms with Crippen molar-refractivity contribution in [3.8, 4) is 5.75 Å². The molecule has 0 aliphatic carbocycles. The number of hydrogen-bond acceptors (Lipinski definition) is 4. The van der Waals surface area contributed by atoms with Gasteiger partial charge in [0.15, 0.2) is 0 Å². The molecule has 4 nitrogen and oxygen atoms in total. The highest BCUT2D eigenvalue weighted by Gasteiger charge is 2.21. The maximum absolute atomic E-state index is 11.7. The molecule has 0 aliphatic heterocycles. The Balaban J connectivity index is 3.49. The minimum atomic E-state index is -0.498. The first-order chi connectivity index (χ1) is 7.88. The standard InChI is InChI=1S/C13H16O4/c1-7-6-8(2)11(13(15)16-5)12(9(7)3)17-10(4)14/h6H,1-5H3. The molecular weight excluding hydrogens is 220 g/mol. The van der Waals surface area contributed by atoms with E-state index in [0.717, 1.165) is 16.7 Å². The topological polar surface area (TPSA) is 52.6 Å². The number of rotatable bonds is 2. The highest BCUT2D eigenvalue weighted by Crippen LogP contribution is 2.30. The highest BCUT2D eigenvalue weighted by atomic mass is 16.5. The Morgan fingerprint density at radius 3 is 2.18 bits per heavy atom. The van der Waals surface area contributed by atoms with Crippen molar-refractivity contribution < 1.29 is 19.1 Å². The smallest absolute Gasteiger partial charge is 0.341 e. The van der Waals surface area contributed by atoms with Crippen molar-refractivity contribution in [2.75, 3.05) is 7.11 Å². The van der Waals surface area contributed by atoms with Crippen molar-refractivity contribution in [2.45, 2.75) is 27.7 Å². The van der Waals surface area contributed by atoms with Gasteiger partial charge in [0.25, 0.3) is 0 Å². The van der Waals surface area contributed by atoms with Gasteiger partial charge in [0.05, 0.1) is 7.11 Å². The number of aryl methyl sites for hydroxylation is 2. The zero-order valence-corrected chi connectivity index (χ0v) is 10.7. The highest BCUT2D eigenvalue weighted by molar-refractivity contribution is 5.95. The van der Waals surface area contributed by atoms with Crippen molar-refractivity contribution in [3.63, 3.8) is 0 Å². The van der Waals surface area contributed by atoms with Gasteiger partial charge in [-0.2, -0.15) is 0 Å². The predicted molar refractivity (Wildman–Crippen MR) is 63.3 cm³/mol. The second kappa shape index (κ2) is 4.99. The summed E-state index contributed by atoms with van der Waals surface area (Å²) in [6.07, 6.45) is 0. The van der Waals surface area contributed by atoms with Crippen molar-refractivity contribution in [1.82, 2.24) is 0 Å². The van der Waals surface area contributed by atoms with Crippen molar-refractivity contribution in [1.29, 1.82) is 0 Å². The van der Waals surface area contributed by atoms with E-state index in [-0.39, 0.29) is 0 Å². The van der Waals surface area contributed by atoms with Crippen LogP contribution in [0.15, 0.2) is 6.07 Å². The van der Waals surface area contributed by atoms with Crippen molar-refractivity contribution >= 4 is 11.9 Å². The predicted octanol–water partition coefficient (Wildman–Crippen LogP) is 2.32. The monoisotopic (exact) mass is 236 g/mol. The number of methoxy groups -OCH3 is 1. The van der Waals surface area contributed by atoms with Crippen LogP contribution in [0, 0.1) is 20.8 Å². The Bertz CT molecular complexity index is 475.